The van der Waals surface area contributed by atoms with E-state index in [1.165, 1.54) is 17.0 Å². The van der Waals surface area contributed by atoms with Crippen molar-refractivity contribution >= 4 is 11.7 Å². The molecule has 6 heteroatoms. The first-order chi connectivity index (χ1) is 8.99. The summed E-state index contributed by atoms with van der Waals surface area (Å²) >= 11 is 0. The summed E-state index contributed by atoms with van der Waals surface area (Å²) in [7, 11) is 0. The molecule has 5 nitrogen and oxygen atoms in total. The quantitative estimate of drug-likeness (QED) is 0.369. The highest BCUT2D eigenvalue weighted by Gasteiger charge is 2.18. The van der Waals surface area contributed by atoms with E-state index in [9.17, 15) is 9.18 Å². The monoisotopic (exact) mass is 267 g/mol. The first-order valence-electron chi connectivity index (χ1n) is 6.01. The third-order valence-electron chi connectivity index (χ3n) is 2.79. The number of halogens is 1. The number of carbonyl (C=O) groups excluding carboxylic acids is 1. The molecule has 0 radical (unpaired) electrons. The summed E-state index contributed by atoms with van der Waals surface area (Å²) in [4.78, 5) is 13.6. The molecule has 3 N–H and O–H groups in total. The van der Waals surface area contributed by atoms with Crippen LogP contribution in [0, 0.1) is 12.7 Å². The number of hydrogen-bond acceptors (Lipinski definition) is 3. The molecule has 0 heterocycles. The maximum Gasteiger partial charge on any atom is 0.256 e. The van der Waals surface area contributed by atoms with Crippen molar-refractivity contribution in [2.45, 2.75) is 20.3 Å². The Hall–Kier alpha value is -2.11. The molecule has 1 amide bonds. The van der Waals surface area contributed by atoms with E-state index in [0.29, 0.717) is 6.54 Å². The lowest BCUT2D eigenvalue weighted by atomic mass is 10.1. The van der Waals surface area contributed by atoms with Gasteiger partial charge >= 0.3 is 0 Å². The molecule has 0 spiro atoms. The maximum absolute atomic E-state index is 13.7. The number of hydrogen-bond donors (Lipinski definition) is 2. The van der Waals surface area contributed by atoms with Crippen LogP contribution in [0.1, 0.15) is 29.3 Å². The highest BCUT2D eigenvalue weighted by Crippen LogP contribution is 2.12. The molecule has 0 fully saturated rings. The van der Waals surface area contributed by atoms with E-state index in [2.05, 4.69) is 5.16 Å². The van der Waals surface area contributed by atoms with Crippen LogP contribution in [0.2, 0.25) is 0 Å². The second-order valence-electron chi connectivity index (χ2n) is 4.21. The van der Waals surface area contributed by atoms with Crippen molar-refractivity contribution in [2.24, 2.45) is 10.9 Å². The zero-order valence-corrected chi connectivity index (χ0v) is 11.1. The fourth-order valence-electron chi connectivity index (χ4n) is 1.67. The van der Waals surface area contributed by atoms with Crippen molar-refractivity contribution in [1.82, 2.24) is 4.90 Å². The number of benzene rings is 1. The van der Waals surface area contributed by atoms with Gasteiger partial charge in [-0.3, -0.25) is 4.79 Å². The number of nitrogens with two attached hydrogens (primary N) is 1. The minimum Gasteiger partial charge on any atom is -0.409 e. The van der Waals surface area contributed by atoms with Gasteiger partial charge in [-0.15, -0.1) is 0 Å². The summed E-state index contributed by atoms with van der Waals surface area (Å²) in [6, 6.07) is 4.48. The molecular weight excluding hydrogens is 249 g/mol. The van der Waals surface area contributed by atoms with Crippen LogP contribution >= 0.6 is 0 Å². The molecule has 1 aromatic carbocycles. The number of amides is 1. The van der Waals surface area contributed by atoms with Crippen LogP contribution in [-0.4, -0.2) is 34.9 Å². The Morgan fingerprint density at radius 3 is 2.74 bits per heavy atom. The zero-order valence-electron chi connectivity index (χ0n) is 11.1. The Kier molecular flexibility index (Phi) is 5.29. The fraction of sp³-hybridized carbons (Fsp3) is 0.385. The van der Waals surface area contributed by atoms with Crippen LogP contribution in [0.3, 0.4) is 0 Å². The van der Waals surface area contributed by atoms with Crippen molar-refractivity contribution in [3.8, 4) is 0 Å². The van der Waals surface area contributed by atoms with Crippen LogP contribution in [0.15, 0.2) is 23.4 Å². The van der Waals surface area contributed by atoms with E-state index in [0.717, 1.165) is 5.56 Å². The minimum absolute atomic E-state index is 0.0342. The van der Waals surface area contributed by atoms with Gasteiger partial charge in [0.2, 0.25) is 0 Å². The molecule has 0 atom stereocenters. The van der Waals surface area contributed by atoms with E-state index >= 15 is 0 Å². The molecule has 104 valence electrons. The van der Waals surface area contributed by atoms with Gasteiger partial charge in [0.25, 0.3) is 5.91 Å². The van der Waals surface area contributed by atoms with Crippen LogP contribution in [0.25, 0.3) is 0 Å². The van der Waals surface area contributed by atoms with Gasteiger partial charge in [-0.2, -0.15) is 0 Å². The standard InChI is InChI=1S/C13H18FN3O2/c1-3-17(7-6-12(15)16-19)13(18)10-5-4-9(2)8-11(10)14/h4-5,8,19H,3,6-7H2,1-2H3,(H2,15,16). The van der Waals surface area contributed by atoms with E-state index < -0.39 is 11.7 Å². The van der Waals surface area contributed by atoms with Gasteiger partial charge in [-0.1, -0.05) is 11.2 Å². The van der Waals surface area contributed by atoms with E-state index in [1.807, 2.05) is 0 Å². The van der Waals surface area contributed by atoms with Crippen LogP contribution in [0.5, 0.6) is 0 Å². The van der Waals surface area contributed by atoms with Crippen LogP contribution < -0.4 is 5.73 Å². The summed E-state index contributed by atoms with van der Waals surface area (Å²) in [6.07, 6.45) is 0.240. The van der Waals surface area contributed by atoms with Crippen LogP contribution in [-0.2, 0) is 0 Å². The van der Waals surface area contributed by atoms with Crippen molar-refractivity contribution in [2.75, 3.05) is 13.1 Å². The molecule has 1 aromatic rings. The van der Waals surface area contributed by atoms with E-state index in [-0.39, 0.29) is 24.4 Å². The summed E-state index contributed by atoms with van der Waals surface area (Å²) in [5.41, 5.74) is 6.14. The van der Waals surface area contributed by atoms with Gasteiger partial charge in [0.15, 0.2) is 0 Å². The molecule has 0 aliphatic carbocycles. The summed E-state index contributed by atoms with van der Waals surface area (Å²) in [5.74, 6) is -0.895. The lowest BCUT2D eigenvalue weighted by molar-refractivity contribution is 0.0763. The molecule has 0 aromatic heterocycles. The predicted molar refractivity (Wildman–Crippen MR) is 70.7 cm³/mol. The predicted octanol–water partition coefficient (Wildman–Crippen LogP) is 1.73. The van der Waals surface area contributed by atoms with Crippen LogP contribution in [0.4, 0.5) is 4.39 Å². The van der Waals surface area contributed by atoms with Crippen molar-refractivity contribution in [3.05, 3.63) is 35.1 Å². The minimum atomic E-state index is -0.535. The molecule has 0 unspecified atom stereocenters. The van der Waals surface area contributed by atoms with Crippen molar-refractivity contribution in [1.29, 1.82) is 0 Å². The lowest BCUT2D eigenvalue weighted by Crippen LogP contribution is -2.34. The number of nitrogens with zero attached hydrogens (tertiary/aromatic N) is 2. The molecule has 0 saturated carbocycles. The molecular formula is C13H18FN3O2. The Morgan fingerprint density at radius 2 is 2.21 bits per heavy atom. The van der Waals surface area contributed by atoms with Gasteiger partial charge in [0.1, 0.15) is 11.7 Å². The van der Waals surface area contributed by atoms with Gasteiger partial charge in [0, 0.05) is 19.5 Å². The van der Waals surface area contributed by atoms with Gasteiger partial charge in [0.05, 0.1) is 5.56 Å². The summed E-state index contributed by atoms with van der Waals surface area (Å²) in [6.45, 7) is 4.24. The van der Waals surface area contributed by atoms with Crippen molar-refractivity contribution < 1.29 is 14.4 Å². The Bertz CT molecular complexity index is 489. The SMILES string of the molecule is CCN(CCC(N)=NO)C(=O)c1ccc(C)cc1F. The third-order valence-corrected chi connectivity index (χ3v) is 2.79. The molecule has 0 aliphatic rings. The third kappa shape index (κ3) is 3.94. The highest BCUT2D eigenvalue weighted by molar-refractivity contribution is 5.94. The Labute approximate surface area is 111 Å². The average Bonchev–Trinajstić information content (AvgIpc) is 2.38. The first-order valence-corrected chi connectivity index (χ1v) is 6.01. The number of oxime groups is 1. The average molecular weight is 267 g/mol. The number of rotatable bonds is 5. The number of amidine groups is 1. The molecule has 0 aliphatic heterocycles. The second kappa shape index (κ2) is 6.72. The molecule has 0 bridgehead atoms. The highest BCUT2D eigenvalue weighted by atomic mass is 19.1. The largest absolute Gasteiger partial charge is 0.409 e. The topological polar surface area (TPSA) is 78.9 Å². The molecule has 19 heavy (non-hydrogen) atoms. The Balaban J connectivity index is 2.83. The lowest BCUT2D eigenvalue weighted by Gasteiger charge is -2.21. The van der Waals surface area contributed by atoms with Gasteiger partial charge in [-0.05, 0) is 31.5 Å². The van der Waals surface area contributed by atoms with E-state index in [1.54, 1.807) is 19.9 Å². The fourth-order valence-corrected chi connectivity index (χ4v) is 1.67. The molecule has 1 rings (SSSR count). The zero-order chi connectivity index (χ0) is 14.4. The van der Waals surface area contributed by atoms with Crippen molar-refractivity contribution in [3.63, 3.8) is 0 Å². The van der Waals surface area contributed by atoms with Gasteiger partial charge < -0.3 is 15.8 Å². The number of aryl methyl sites for hydroxylation is 1. The van der Waals surface area contributed by atoms with E-state index in [4.69, 9.17) is 10.9 Å². The Morgan fingerprint density at radius 1 is 1.53 bits per heavy atom. The first kappa shape index (κ1) is 14.9. The van der Waals surface area contributed by atoms with Gasteiger partial charge in [-0.25, -0.2) is 4.39 Å². The summed E-state index contributed by atoms with van der Waals surface area (Å²) in [5, 5.41) is 11.3. The normalized spacial score (nSPS) is 11.4. The molecule has 0 saturated heterocycles. The smallest absolute Gasteiger partial charge is 0.256 e. The number of carbonyl (C=O) groups is 1. The second-order valence-corrected chi connectivity index (χ2v) is 4.21. The maximum atomic E-state index is 13.7. The summed E-state index contributed by atoms with van der Waals surface area (Å²) < 4.78 is 13.7.